The van der Waals surface area contributed by atoms with Gasteiger partial charge in [0.15, 0.2) is 0 Å². The molecule has 0 aromatic rings. The maximum atomic E-state index is 14.0. The van der Waals surface area contributed by atoms with Crippen LogP contribution in [0.25, 0.3) is 0 Å². The molecule has 2 saturated heterocycles. The first-order valence-electron chi connectivity index (χ1n) is 13.9. The minimum absolute atomic E-state index is 0.0794. The van der Waals surface area contributed by atoms with Gasteiger partial charge < -0.3 is 20.6 Å². The molecule has 214 valence electrons. The van der Waals surface area contributed by atoms with E-state index in [4.69, 9.17) is 0 Å². The molecule has 1 aliphatic carbocycles. The molecule has 0 aromatic heterocycles. The summed E-state index contributed by atoms with van der Waals surface area (Å²) in [5.41, 5.74) is -0.578. The van der Waals surface area contributed by atoms with Crippen LogP contribution in [0.1, 0.15) is 73.1 Å². The van der Waals surface area contributed by atoms with Gasteiger partial charge in [0.1, 0.15) is 12.1 Å². The Morgan fingerprint density at radius 3 is 2.16 bits per heavy atom. The highest BCUT2D eigenvalue weighted by molar-refractivity contribution is 7.63. The van der Waals surface area contributed by atoms with Crippen LogP contribution < -0.4 is 20.8 Å². The van der Waals surface area contributed by atoms with Crippen molar-refractivity contribution in [3.05, 3.63) is 0 Å². The van der Waals surface area contributed by atoms with E-state index in [0.717, 1.165) is 38.0 Å². The second-order valence-corrected chi connectivity index (χ2v) is 15.0. The maximum absolute atomic E-state index is 14.0. The van der Waals surface area contributed by atoms with Gasteiger partial charge in [-0.15, -0.1) is 0 Å². The summed E-state index contributed by atoms with van der Waals surface area (Å²) in [5.74, 6) is -1.53. The molecule has 0 spiro atoms. The Labute approximate surface area is 230 Å². The number of carbonyl (C=O) groups excluding carboxylic acids is 5. The number of ketones is 1. The summed E-state index contributed by atoms with van der Waals surface area (Å²) in [5, 5.41) is 11.1. The molecule has 0 bridgehead atoms. The Morgan fingerprint density at radius 1 is 1.00 bits per heavy atom. The van der Waals surface area contributed by atoms with Gasteiger partial charge in [-0.05, 0) is 62.8 Å². The van der Waals surface area contributed by atoms with Crippen LogP contribution >= 0.6 is 17.5 Å². The number of Topliss-reactive ketones (excluding diaryl/α,β-unsaturated/α-hetero) is 1. The number of nitrogens with zero attached hydrogens (tertiary/aromatic N) is 1. The summed E-state index contributed by atoms with van der Waals surface area (Å²) < 4.78 is 0. The van der Waals surface area contributed by atoms with Gasteiger partial charge in [-0.3, -0.25) is 19.2 Å². The fourth-order valence-corrected chi connectivity index (χ4v) is 6.54. The summed E-state index contributed by atoms with van der Waals surface area (Å²) in [7, 11) is 0.725. The third-order valence-corrected chi connectivity index (χ3v) is 9.49. The third-order valence-electron chi connectivity index (χ3n) is 7.76. The van der Waals surface area contributed by atoms with Gasteiger partial charge in [-0.1, -0.05) is 53.9 Å². The van der Waals surface area contributed by atoms with Crippen molar-refractivity contribution in [2.24, 2.45) is 23.2 Å². The van der Waals surface area contributed by atoms with Crippen molar-refractivity contribution in [3.63, 3.8) is 0 Å². The van der Waals surface area contributed by atoms with Crippen LogP contribution in [0, 0.1) is 23.2 Å². The molecule has 5 amide bonds. The average Bonchev–Trinajstić information content (AvgIpc) is 3.52. The number of urea groups is 1. The molecule has 38 heavy (non-hydrogen) atoms. The van der Waals surface area contributed by atoms with Crippen LogP contribution in [0.15, 0.2) is 0 Å². The normalized spacial score (nSPS) is 23.4. The molecule has 3 rings (SSSR count). The van der Waals surface area contributed by atoms with Crippen LogP contribution in [0.4, 0.5) is 4.79 Å². The minimum Gasteiger partial charge on any atom is -0.344 e. The highest BCUT2D eigenvalue weighted by Gasteiger charge is 2.47. The molecule has 2 heterocycles. The van der Waals surface area contributed by atoms with Crippen molar-refractivity contribution in [1.82, 2.24) is 25.7 Å². The number of hydrogen-bond acceptors (Lipinski definition) is 5. The largest absolute Gasteiger partial charge is 0.344 e. The number of carbonyl (C=O) groups is 5. The molecule has 4 N–H and O–H groups in total. The molecule has 1 saturated carbocycles. The van der Waals surface area contributed by atoms with Crippen molar-refractivity contribution in [3.8, 4) is 0 Å². The van der Waals surface area contributed by atoms with E-state index in [1.54, 1.807) is 4.90 Å². The fourth-order valence-electron chi connectivity index (χ4n) is 5.39. The van der Waals surface area contributed by atoms with Crippen LogP contribution in [0.3, 0.4) is 0 Å². The van der Waals surface area contributed by atoms with E-state index in [2.05, 4.69) is 34.7 Å². The first-order chi connectivity index (χ1) is 17.8. The van der Waals surface area contributed by atoms with Crippen molar-refractivity contribution in [2.45, 2.75) is 91.3 Å². The molecule has 2 unspecified atom stereocenters. The van der Waals surface area contributed by atoms with Crippen LogP contribution in [0.5, 0.6) is 0 Å². The Balaban J connectivity index is 1.83. The quantitative estimate of drug-likeness (QED) is 0.223. The molecule has 3 fully saturated rings. The molecule has 0 radical (unpaired) electrons. The SMILES string of the molecule is CC(C)C[C@H]1CCN(C(=O)[C@@H](NC(=O)NP2CC2)C(C)(C)C)[C@@H]1C(=O)NC(CC1CCC1)C(=O)C(=O)N[PH3+]. The van der Waals surface area contributed by atoms with Crippen LogP contribution in [-0.4, -0.2) is 71.4 Å². The third kappa shape index (κ3) is 8.11. The summed E-state index contributed by atoms with van der Waals surface area (Å²) in [6, 6.07) is -2.85. The molecule has 5 atom stereocenters. The number of likely N-dealkylation sites (tertiary alicyclic amines) is 1. The predicted molar refractivity (Wildman–Crippen MR) is 153 cm³/mol. The lowest BCUT2D eigenvalue weighted by Gasteiger charge is -2.37. The number of nitrogens with one attached hydrogen (secondary N) is 4. The highest BCUT2D eigenvalue weighted by atomic mass is 31.1. The van der Waals surface area contributed by atoms with E-state index in [1.165, 1.54) is 9.39 Å². The zero-order valence-corrected chi connectivity index (χ0v) is 25.8. The van der Waals surface area contributed by atoms with Crippen LogP contribution in [-0.2, 0) is 19.2 Å². The van der Waals surface area contributed by atoms with E-state index in [0.29, 0.717) is 31.2 Å². The summed E-state index contributed by atoms with van der Waals surface area (Å²) >= 11 is 0. The monoisotopic (exact) mass is 570 g/mol. The van der Waals surface area contributed by atoms with Gasteiger partial charge in [-0.2, -0.15) is 0 Å². The molecule has 0 aromatic carbocycles. The predicted octanol–water partition coefficient (Wildman–Crippen LogP) is 2.26. The van der Waals surface area contributed by atoms with E-state index in [-0.39, 0.29) is 17.9 Å². The lowest BCUT2D eigenvalue weighted by Crippen LogP contribution is -2.60. The van der Waals surface area contributed by atoms with Crippen molar-refractivity contribution >= 4 is 47.0 Å². The van der Waals surface area contributed by atoms with E-state index < -0.39 is 49.2 Å². The van der Waals surface area contributed by atoms with Crippen molar-refractivity contribution < 1.29 is 24.0 Å². The first kappa shape index (κ1) is 30.7. The van der Waals surface area contributed by atoms with Gasteiger partial charge in [-0.25, -0.2) is 9.88 Å². The average molecular weight is 571 g/mol. The number of hydrogen-bond donors (Lipinski definition) is 4. The van der Waals surface area contributed by atoms with Gasteiger partial charge >= 0.3 is 11.9 Å². The first-order valence-corrected chi connectivity index (χ1v) is 16.3. The second-order valence-electron chi connectivity index (χ2n) is 12.5. The zero-order chi connectivity index (χ0) is 28.2. The van der Waals surface area contributed by atoms with Gasteiger partial charge in [0, 0.05) is 6.54 Å². The molecule has 3 aliphatic rings. The highest BCUT2D eigenvalue weighted by Crippen LogP contribution is 2.45. The molecular weight excluding hydrogens is 524 g/mol. The smallest absolute Gasteiger partial charge is 0.320 e. The molecular formula is C26H46N5O5P2+. The van der Waals surface area contributed by atoms with Crippen molar-refractivity contribution in [2.75, 3.05) is 18.9 Å². The van der Waals surface area contributed by atoms with E-state index in [9.17, 15) is 24.0 Å². The van der Waals surface area contributed by atoms with Crippen LogP contribution in [0.2, 0.25) is 0 Å². The van der Waals surface area contributed by atoms with Gasteiger partial charge in [0.25, 0.3) is 0 Å². The van der Waals surface area contributed by atoms with E-state index in [1.807, 2.05) is 20.8 Å². The summed E-state index contributed by atoms with van der Waals surface area (Å²) in [4.78, 5) is 67.1. The number of amides is 5. The Morgan fingerprint density at radius 2 is 1.66 bits per heavy atom. The minimum atomic E-state index is -0.919. The molecule has 12 heteroatoms. The summed E-state index contributed by atoms with van der Waals surface area (Å²) in [6.07, 6.45) is 6.86. The number of rotatable bonds is 11. The second kappa shape index (κ2) is 13.0. The standard InChI is InChI=1S/C26H45N5O5P2/c1-15(2)13-17-9-10-31(24(35)21(26(3,4)5)28-25(36)30-38-11-12-38)19(17)22(33)27-18(14-16-7-6-8-16)20(32)23(34)29-37/h15-19,21H,6-14,37H2,1-5H3,(H,27,33)(H,29,34)(H2,28,30,36)/p+1/t17-,18?,19+,21-/m1/s1. The fraction of sp³-hybridized carbons (Fsp3) is 0.808. The lowest BCUT2D eigenvalue weighted by atomic mass is 9.80. The molecule has 10 nitrogen and oxygen atoms in total. The van der Waals surface area contributed by atoms with Crippen molar-refractivity contribution in [1.29, 1.82) is 0 Å². The Kier molecular flexibility index (Phi) is 10.6. The Bertz CT molecular complexity index is 916. The van der Waals surface area contributed by atoms with E-state index >= 15 is 0 Å². The molecule has 2 aliphatic heterocycles. The summed E-state index contributed by atoms with van der Waals surface area (Å²) in [6.45, 7) is 10.2. The zero-order valence-electron chi connectivity index (χ0n) is 23.5. The maximum Gasteiger partial charge on any atom is 0.320 e. The van der Waals surface area contributed by atoms with Gasteiger partial charge in [0.05, 0.1) is 15.4 Å². The topological polar surface area (TPSA) is 137 Å². The Hall–Kier alpha value is -1.79. The van der Waals surface area contributed by atoms with Gasteiger partial charge in [0.2, 0.25) is 17.6 Å². The lowest BCUT2D eigenvalue weighted by molar-refractivity contribution is -0.144.